The van der Waals surface area contributed by atoms with E-state index in [1.54, 1.807) is 6.92 Å². The van der Waals surface area contributed by atoms with Crippen LogP contribution in [-0.2, 0) is 9.53 Å². The number of nitrogen functional groups attached to an aromatic ring is 1. The number of hydrogen-bond donors (Lipinski definition) is 4. The second-order valence-electron chi connectivity index (χ2n) is 4.17. The molecule has 7 nitrogen and oxygen atoms in total. The van der Waals surface area contributed by atoms with E-state index in [4.69, 9.17) is 10.8 Å². The molecular formula is C13H17NO6. The van der Waals surface area contributed by atoms with Crippen LogP contribution in [0, 0.1) is 0 Å². The number of aliphatic hydroxyl groups is 2. The lowest BCUT2D eigenvalue weighted by atomic mass is 9.99. The van der Waals surface area contributed by atoms with E-state index in [2.05, 4.69) is 4.74 Å². The van der Waals surface area contributed by atoms with Crippen LogP contribution < -0.4 is 5.73 Å². The van der Waals surface area contributed by atoms with Gasteiger partial charge in [0.2, 0.25) is 0 Å². The number of aliphatic hydroxyl groups excluding tert-OH is 2. The smallest absolute Gasteiger partial charge is 0.337 e. The fourth-order valence-corrected chi connectivity index (χ4v) is 1.67. The molecule has 2 atom stereocenters. The summed E-state index contributed by atoms with van der Waals surface area (Å²) in [5.41, 5.74) is 5.52. The van der Waals surface area contributed by atoms with Crippen LogP contribution in [0.2, 0.25) is 0 Å². The molecule has 1 aromatic carbocycles. The summed E-state index contributed by atoms with van der Waals surface area (Å²) in [5, 5.41) is 28.6. The molecule has 0 heterocycles. The Morgan fingerprint density at radius 2 is 2.00 bits per heavy atom. The summed E-state index contributed by atoms with van der Waals surface area (Å²) in [4.78, 5) is 22.1. The number of rotatable bonds is 6. The first-order chi connectivity index (χ1) is 9.36. The van der Waals surface area contributed by atoms with Gasteiger partial charge >= 0.3 is 11.9 Å². The van der Waals surface area contributed by atoms with Crippen molar-refractivity contribution in [3.8, 4) is 0 Å². The maximum absolute atomic E-state index is 11.2. The minimum atomic E-state index is -1.40. The Kier molecular flexibility index (Phi) is 5.48. The SMILES string of the molecule is CCOC(=O)CC(O)C(O)c1ccc(N)c(C(=O)O)c1. The van der Waals surface area contributed by atoms with Crippen LogP contribution >= 0.6 is 0 Å². The standard InChI is InChI=1S/C13H17NO6/c1-2-20-11(16)6-10(15)12(17)7-3-4-9(14)8(5-7)13(18)19/h3-5,10,12,15,17H,2,6,14H2,1H3,(H,18,19). The van der Waals surface area contributed by atoms with E-state index < -0.39 is 24.1 Å². The molecule has 0 aliphatic rings. The van der Waals surface area contributed by atoms with Crippen LogP contribution in [0.4, 0.5) is 5.69 Å². The van der Waals surface area contributed by atoms with Crippen molar-refractivity contribution < 1.29 is 29.6 Å². The van der Waals surface area contributed by atoms with Gasteiger partial charge in [-0.15, -0.1) is 0 Å². The highest BCUT2D eigenvalue weighted by Crippen LogP contribution is 2.23. The van der Waals surface area contributed by atoms with Gasteiger partial charge in [0.05, 0.1) is 24.7 Å². The monoisotopic (exact) mass is 283 g/mol. The van der Waals surface area contributed by atoms with Gasteiger partial charge in [-0.3, -0.25) is 4.79 Å². The van der Waals surface area contributed by atoms with Crippen LogP contribution in [0.3, 0.4) is 0 Å². The summed E-state index contributed by atoms with van der Waals surface area (Å²) in [6.45, 7) is 1.80. The van der Waals surface area contributed by atoms with Crippen molar-refractivity contribution in [1.82, 2.24) is 0 Å². The van der Waals surface area contributed by atoms with E-state index in [1.165, 1.54) is 12.1 Å². The third-order valence-corrected chi connectivity index (χ3v) is 2.69. The fraction of sp³-hybridized carbons (Fsp3) is 0.385. The number of benzene rings is 1. The van der Waals surface area contributed by atoms with E-state index in [0.717, 1.165) is 6.07 Å². The predicted molar refractivity (Wildman–Crippen MR) is 70.0 cm³/mol. The van der Waals surface area contributed by atoms with E-state index in [9.17, 15) is 19.8 Å². The lowest BCUT2D eigenvalue weighted by Crippen LogP contribution is -2.23. The van der Waals surface area contributed by atoms with Crippen LogP contribution in [0.15, 0.2) is 18.2 Å². The average Bonchev–Trinajstić information content (AvgIpc) is 2.38. The zero-order valence-corrected chi connectivity index (χ0v) is 10.9. The van der Waals surface area contributed by atoms with E-state index in [1.807, 2.05) is 0 Å². The summed E-state index contributed by atoms with van der Waals surface area (Å²) in [6.07, 6.45) is -3.18. The minimum Gasteiger partial charge on any atom is -0.478 e. The highest BCUT2D eigenvalue weighted by molar-refractivity contribution is 5.93. The largest absolute Gasteiger partial charge is 0.478 e. The molecule has 1 rings (SSSR count). The molecule has 5 N–H and O–H groups in total. The molecule has 110 valence electrons. The number of nitrogens with two attached hydrogens (primary N) is 1. The van der Waals surface area contributed by atoms with Crippen molar-refractivity contribution >= 4 is 17.6 Å². The van der Waals surface area contributed by atoms with Gasteiger partial charge in [0.1, 0.15) is 6.10 Å². The van der Waals surface area contributed by atoms with Crippen LogP contribution in [0.25, 0.3) is 0 Å². The molecule has 0 amide bonds. The molecule has 0 aromatic heterocycles. The van der Waals surface area contributed by atoms with Gasteiger partial charge < -0.3 is 25.8 Å². The molecule has 0 aliphatic carbocycles. The van der Waals surface area contributed by atoms with Gasteiger partial charge in [-0.05, 0) is 24.6 Å². The van der Waals surface area contributed by atoms with Crippen LogP contribution in [0.1, 0.15) is 35.4 Å². The van der Waals surface area contributed by atoms with Gasteiger partial charge in [-0.2, -0.15) is 0 Å². The lowest BCUT2D eigenvalue weighted by Gasteiger charge is -2.18. The number of ether oxygens (including phenoxy) is 1. The molecular weight excluding hydrogens is 266 g/mol. The third-order valence-electron chi connectivity index (χ3n) is 2.69. The summed E-state index contributed by atoms with van der Waals surface area (Å²) < 4.78 is 4.66. The number of carbonyl (C=O) groups excluding carboxylic acids is 1. The van der Waals surface area contributed by atoms with Gasteiger partial charge in [0, 0.05) is 5.69 Å². The normalized spacial score (nSPS) is 13.6. The minimum absolute atomic E-state index is 0.0494. The highest BCUT2D eigenvalue weighted by Gasteiger charge is 2.23. The van der Waals surface area contributed by atoms with Crippen molar-refractivity contribution in [3.05, 3.63) is 29.3 Å². The number of hydrogen-bond acceptors (Lipinski definition) is 6. The van der Waals surface area contributed by atoms with Crippen LogP contribution in [0.5, 0.6) is 0 Å². The zero-order valence-electron chi connectivity index (χ0n) is 10.9. The molecule has 0 saturated carbocycles. The molecule has 2 unspecified atom stereocenters. The summed E-state index contributed by atoms with van der Waals surface area (Å²) in [5.74, 6) is -1.88. The number of esters is 1. The second-order valence-corrected chi connectivity index (χ2v) is 4.17. The molecule has 20 heavy (non-hydrogen) atoms. The molecule has 0 saturated heterocycles. The number of carboxylic acid groups (broad SMARTS) is 1. The van der Waals surface area contributed by atoms with Crippen molar-refractivity contribution in [2.45, 2.75) is 25.6 Å². The first-order valence-corrected chi connectivity index (χ1v) is 6.01. The fourth-order valence-electron chi connectivity index (χ4n) is 1.67. The maximum Gasteiger partial charge on any atom is 0.337 e. The van der Waals surface area contributed by atoms with Crippen molar-refractivity contribution in [3.63, 3.8) is 0 Å². The number of aromatic carboxylic acids is 1. The molecule has 0 bridgehead atoms. The third kappa shape index (κ3) is 3.94. The second kappa shape index (κ2) is 6.88. The van der Waals surface area contributed by atoms with Gasteiger partial charge in [0.25, 0.3) is 0 Å². The first kappa shape index (κ1) is 15.9. The van der Waals surface area contributed by atoms with Gasteiger partial charge in [-0.25, -0.2) is 4.79 Å². The van der Waals surface area contributed by atoms with Crippen molar-refractivity contribution in [1.29, 1.82) is 0 Å². The lowest BCUT2D eigenvalue weighted by molar-refractivity contribution is -0.147. The Bertz CT molecular complexity index is 502. The molecule has 0 radical (unpaired) electrons. The summed E-state index contributed by atoms with van der Waals surface area (Å²) >= 11 is 0. The van der Waals surface area contributed by atoms with Gasteiger partial charge in [0.15, 0.2) is 0 Å². The Labute approximate surface area is 115 Å². The summed E-state index contributed by atoms with van der Waals surface area (Å²) in [7, 11) is 0. The van der Waals surface area contributed by atoms with Crippen molar-refractivity contribution in [2.75, 3.05) is 12.3 Å². The molecule has 0 fully saturated rings. The molecule has 0 spiro atoms. The average molecular weight is 283 g/mol. The number of carbonyl (C=O) groups is 2. The number of carboxylic acids is 1. The number of anilines is 1. The Balaban J connectivity index is 2.86. The van der Waals surface area contributed by atoms with Gasteiger partial charge in [-0.1, -0.05) is 6.07 Å². The van der Waals surface area contributed by atoms with E-state index in [0.29, 0.717) is 0 Å². The van der Waals surface area contributed by atoms with E-state index >= 15 is 0 Å². The molecule has 0 aliphatic heterocycles. The highest BCUT2D eigenvalue weighted by atomic mass is 16.5. The Morgan fingerprint density at radius 1 is 1.35 bits per heavy atom. The predicted octanol–water partition coefficient (Wildman–Crippen LogP) is 0.315. The quantitative estimate of drug-likeness (QED) is 0.436. The van der Waals surface area contributed by atoms with E-state index in [-0.39, 0.29) is 29.8 Å². The topological polar surface area (TPSA) is 130 Å². The van der Waals surface area contributed by atoms with Crippen LogP contribution in [-0.4, -0.2) is 40.0 Å². The Morgan fingerprint density at radius 3 is 2.55 bits per heavy atom. The molecule has 1 aromatic rings. The maximum atomic E-state index is 11.2. The molecule has 7 heteroatoms. The van der Waals surface area contributed by atoms with Crippen molar-refractivity contribution in [2.24, 2.45) is 0 Å². The summed E-state index contributed by atoms with van der Waals surface area (Å²) in [6, 6.07) is 3.87. The Hall–Kier alpha value is -2.12. The zero-order chi connectivity index (χ0) is 15.3. The first-order valence-electron chi connectivity index (χ1n) is 6.01.